The molecule has 2 aromatic rings. The molecular weight excluding hydrogens is 336 g/mol. The Balaban J connectivity index is 2.35. The van der Waals surface area contributed by atoms with E-state index < -0.39 is 15.9 Å². The summed E-state index contributed by atoms with van der Waals surface area (Å²) in [6.45, 7) is 2.38. The number of carbonyl (C=O) groups is 1. The highest BCUT2D eigenvalue weighted by atomic mass is 32.2. The fourth-order valence-corrected chi connectivity index (χ4v) is 4.05. The van der Waals surface area contributed by atoms with Crippen molar-refractivity contribution >= 4 is 27.3 Å². The van der Waals surface area contributed by atoms with Gasteiger partial charge < -0.3 is 10.5 Å². The molecule has 0 saturated carbocycles. The predicted molar refractivity (Wildman–Crippen MR) is 89.1 cm³/mol. The molecule has 1 heterocycles. The summed E-state index contributed by atoms with van der Waals surface area (Å²) in [5.74, 6) is -0.453. The molecule has 1 aromatic heterocycles. The number of carbonyl (C=O) groups excluding carboxylic acids is 1. The summed E-state index contributed by atoms with van der Waals surface area (Å²) >= 11 is 1.48. The number of hydrogen-bond acceptors (Lipinski definition) is 5. The summed E-state index contributed by atoms with van der Waals surface area (Å²) in [6, 6.07) is 7.85. The number of rotatable bonds is 7. The van der Waals surface area contributed by atoms with E-state index in [9.17, 15) is 13.2 Å². The largest absolute Gasteiger partial charge is 0.493 e. The lowest BCUT2D eigenvalue weighted by Gasteiger charge is -2.17. The van der Waals surface area contributed by atoms with Gasteiger partial charge in [0.25, 0.3) is 5.91 Å². The van der Waals surface area contributed by atoms with E-state index in [-0.39, 0.29) is 22.8 Å². The van der Waals surface area contributed by atoms with Crippen molar-refractivity contribution in [3.05, 3.63) is 46.2 Å². The molecule has 1 aromatic carbocycles. The van der Waals surface area contributed by atoms with E-state index in [0.29, 0.717) is 6.61 Å². The number of amides is 1. The summed E-state index contributed by atoms with van der Waals surface area (Å²) in [7, 11) is -2.23. The number of ether oxygens (including phenoxy) is 1. The zero-order valence-electron chi connectivity index (χ0n) is 12.9. The molecule has 0 aliphatic rings. The highest BCUT2D eigenvalue weighted by Crippen LogP contribution is 2.25. The van der Waals surface area contributed by atoms with Crippen LogP contribution in [-0.2, 0) is 16.6 Å². The average Bonchev–Trinajstić information content (AvgIpc) is 3.00. The van der Waals surface area contributed by atoms with Gasteiger partial charge in [0, 0.05) is 18.5 Å². The van der Waals surface area contributed by atoms with Crippen molar-refractivity contribution < 1.29 is 17.9 Å². The molecule has 1 amide bonds. The van der Waals surface area contributed by atoms with Crippen molar-refractivity contribution in [3.8, 4) is 5.75 Å². The number of primary amides is 1. The van der Waals surface area contributed by atoms with Crippen molar-refractivity contribution in [1.29, 1.82) is 0 Å². The van der Waals surface area contributed by atoms with E-state index in [1.807, 2.05) is 17.5 Å². The van der Waals surface area contributed by atoms with Crippen molar-refractivity contribution in [2.24, 2.45) is 5.73 Å². The Kier molecular flexibility index (Phi) is 5.40. The van der Waals surface area contributed by atoms with Crippen LogP contribution in [0.2, 0.25) is 0 Å². The molecule has 8 heteroatoms. The maximum absolute atomic E-state index is 12.6. The summed E-state index contributed by atoms with van der Waals surface area (Å²) < 4.78 is 31.8. The number of hydrogen-bond donors (Lipinski definition) is 1. The van der Waals surface area contributed by atoms with Gasteiger partial charge in [0.15, 0.2) is 0 Å². The quantitative estimate of drug-likeness (QED) is 0.824. The van der Waals surface area contributed by atoms with Gasteiger partial charge in [-0.3, -0.25) is 4.79 Å². The Hall–Kier alpha value is -1.90. The molecule has 0 unspecified atom stereocenters. The maximum atomic E-state index is 12.6. The van der Waals surface area contributed by atoms with Crippen LogP contribution in [0.1, 0.15) is 22.2 Å². The fraction of sp³-hybridized carbons (Fsp3) is 0.267. The second kappa shape index (κ2) is 7.12. The second-order valence-corrected chi connectivity index (χ2v) is 7.87. The second-order valence-electron chi connectivity index (χ2n) is 4.80. The van der Waals surface area contributed by atoms with E-state index in [1.165, 1.54) is 40.9 Å². The van der Waals surface area contributed by atoms with Gasteiger partial charge in [-0.05, 0) is 36.6 Å². The van der Waals surface area contributed by atoms with Crippen LogP contribution in [0.4, 0.5) is 0 Å². The molecule has 0 spiro atoms. The van der Waals surface area contributed by atoms with Crippen LogP contribution < -0.4 is 10.5 Å². The summed E-state index contributed by atoms with van der Waals surface area (Å²) in [4.78, 5) is 12.5. The number of nitrogens with zero attached hydrogens (tertiary/aromatic N) is 1. The van der Waals surface area contributed by atoms with Crippen molar-refractivity contribution in [1.82, 2.24) is 4.31 Å². The highest BCUT2D eigenvalue weighted by molar-refractivity contribution is 7.89. The van der Waals surface area contributed by atoms with Crippen LogP contribution in [0.25, 0.3) is 0 Å². The minimum absolute atomic E-state index is 0.00816. The lowest BCUT2D eigenvalue weighted by molar-refractivity contribution is 0.0996. The van der Waals surface area contributed by atoms with Gasteiger partial charge in [-0.2, -0.15) is 4.31 Å². The normalized spacial score (nSPS) is 11.6. The SMILES string of the molecule is CCOc1ccc(S(=O)(=O)N(C)Cc2cccs2)cc1C(N)=O. The molecule has 0 atom stereocenters. The maximum Gasteiger partial charge on any atom is 0.252 e. The molecule has 23 heavy (non-hydrogen) atoms. The minimum Gasteiger partial charge on any atom is -0.493 e. The lowest BCUT2D eigenvalue weighted by Crippen LogP contribution is -2.26. The number of thiophene rings is 1. The monoisotopic (exact) mass is 354 g/mol. The third-order valence-electron chi connectivity index (χ3n) is 3.18. The summed E-state index contributed by atoms with van der Waals surface area (Å²) in [5.41, 5.74) is 5.37. The Morgan fingerprint density at radius 1 is 1.35 bits per heavy atom. The standard InChI is InChI=1S/C15H18N2O4S2/c1-3-21-14-7-6-12(9-13(14)15(16)18)23(19,20)17(2)10-11-5-4-8-22-11/h4-9H,3,10H2,1-2H3,(H2,16,18). The van der Waals surface area contributed by atoms with Crippen LogP contribution in [0.3, 0.4) is 0 Å². The predicted octanol–water partition coefficient (Wildman–Crippen LogP) is 2.07. The molecule has 0 saturated heterocycles. The first-order valence-electron chi connectivity index (χ1n) is 6.91. The molecular formula is C15H18N2O4S2. The Labute approximate surface area is 139 Å². The van der Waals surface area contributed by atoms with Gasteiger partial charge in [-0.25, -0.2) is 8.42 Å². The third-order valence-corrected chi connectivity index (χ3v) is 5.84. The van der Waals surface area contributed by atoms with Gasteiger partial charge in [0.1, 0.15) is 5.75 Å². The minimum atomic E-state index is -3.73. The molecule has 6 nitrogen and oxygen atoms in total. The van der Waals surface area contributed by atoms with Gasteiger partial charge in [0.05, 0.1) is 17.1 Å². The average molecular weight is 354 g/mol. The van der Waals surface area contributed by atoms with Crippen molar-refractivity contribution in [2.45, 2.75) is 18.4 Å². The van der Waals surface area contributed by atoms with Crippen LogP contribution in [0.15, 0.2) is 40.6 Å². The molecule has 0 radical (unpaired) electrons. The first kappa shape index (κ1) is 17.5. The van der Waals surface area contributed by atoms with E-state index in [4.69, 9.17) is 10.5 Å². The summed E-state index contributed by atoms with van der Waals surface area (Å²) in [6.07, 6.45) is 0. The third kappa shape index (κ3) is 3.90. The molecule has 0 aliphatic carbocycles. The van der Waals surface area contributed by atoms with E-state index in [1.54, 1.807) is 6.92 Å². The molecule has 0 aliphatic heterocycles. The van der Waals surface area contributed by atoms with E-state index in [2.05, 4.69) is 0 Å². The van der Waals surface area contributed by atoms with Crippen LogP contribution in [0, 0.1) is 0 Å². The number of sulfonamides is 1. The Morgan fingerprint density at radius 2 is 2.09 bits per heavy atom. The smallest absolute Gasteiger partial charge is 0.252 e. The Morgan fingerprint density at radius 3 is 2.65 bits per heavy atom. The Bertz CT molecular complexity index is 786. The fourth-order valence-electron chi connectivity index (χ4n) is 2.03. The number of nitrogens with two attached hydrogens (primary N) is 1. The van der Waals surface area contributed by atoms with E-state index in [0.717, 1.165) is 4.88 Å². The first-order valence-corrected chi connectivity index (χ1v) is 9.23. The molecule has 124 valence electrons. The molecule has 2 rings (SSSR count). The number of benzene rings is 1. The molecule has 2 N–H and O–H groups in total. The van der Waals surface area contributed by atoms with Crippen LogP contribution in [0.5, 0.6) is 5.75 Å². The summed E-state index contributed by atoms with van der Waals surface area (Å²) in [5, 5.41) is 1.89. The van der Waals surface area contributed by atoms with Gasteiger partial charge in [0.2, 0.25) is 10.0 Å². The molecule has 0 fully saturated rings. The van der Waals surface area contributed by atoms with Crippen molar-refractivity contribution in [3.63, 3.8) is 0 Å². The first-order chi connectivity index (χ1) is 10.9. The van der Waals surface area contributed by atoms with Crippen molar-refractivity contribution in [2.75, 3.05) is 13.7 Å². The zero-order valence-corrected chi connectivity index (χ0v) is 14.5. The molecule has 0 bridgehead atoms. The zero-order chi connectivity index (χ0) is 17.0. The van der Waals surface area contributed by atoms with Gasteiger partial charge in [-0.15, -0.1) is 11.3 Å². The lowest BCUT2D eigenvalue weighted by atomic mass is 10.2. The van der Waals surface area contributed by atoms with Crippen LogP contribution in [-0.4, -0.2) is 32.3 Å². The van der Waals surface area contributed by atoms with E-state index >= 15 is 0 Å². The van der Waals surface area contributed by atoms with Crippen LogP contribution >= 0.6 is 11.3 Å². The van der Waals surface area contributed by atoms with Gasteiger partial charge >= 0.3 is 0 Å². The highest BCUT2D eigenvalue weighted by Gasteiger charge is 2.23. The van der Waals surface area contributed by atoms with Gasteiger partial charge in [-0.1, -0.05) is 6.07 Å². The topological polar surface area (TPSA) is 89.7 Å².